The maximum atomic E-state index is 13.1. The lowest BCUT2D eigenvalue weighted by molar-refractivity contribution is -0.128. The van der Waals surface area contributed by atoms with Gasteiger partial charge < -0.3 is 14.5 Å². The van der Waals surface area contributed by atoms with E-state index in [1.807, 2.05) is 0 Å². The smallest absolute Gasteiger partial charge is 0.410 e. The van der Waals surface area contributed by atoms with Gasteiger partial charge in [-0.25, -0.2) is 4.79 Å². The second-order valence-electron chi connectivity index (χ2n) is 7.07. The van der Waals surface area contributed by atoms with Crippen molar-refractivity contribution >= 4 is 22.2 Å². The largest absolute Gasteiger partial charge is 0.444 e. The molecule has 0 saturated carbocycles. The van der Waals surface area contributed by atoms with Gasteiger partial charge in [-0.15, -0.1) is 3.89 Å². The van der Waals surface area contributed by atoms with Gasteiger partial charge in [0.1, 0.15) is 10.9 Å². The van der Waals surface area contributed by atoms with Crippen LogP contribution in [0.4, 0.5) is 8.68 Å². The van der Waals surface area contributed by atoms with Gasteiger partial charge >= 0.3 is 16.3 Å². The lowest BCUT2D eigenvalue weighted by atomic mass is 10.2. The van der Waals surface area contributed by atoms with E-state index in [1.54, 1.807) is 25.7 Å². The minimum Gasteiger partial charge on any atom is -0.444 e. The Morgan fingerprint density at radius 2 is 2.04 bits per heavy atom. The minimum atomic E-state index is -4.72. The number of ether oxygens (including phenoxy) is 1. The van der Waals surface area contributed by atoms with E-state index in [2.05, 4.69) is 0 Å². The fourth-order valence-corrected chi connectivity index (χ4v) is 3.64. The van der Waals surface area contributed by atoms with Gasteiger partial charge in [0.2, 0.25) is 5.91 Å². The van der Waals surface area contributed by atoms with Crippen molar-refractivity contribution in [1.29, 1.82) is 0 Å². The summed E-state index contributed by atoms with van der Waals surface area (Å²) in [5.41, 5.74) is -0.610. The molecule has 132 valence electrons. The standard InChI is InChI=1S/C14H23FN2O5S/c1-14(2,3)22-13(19)17-6-4-5-10(17)8-16-9-11(7-12(16)18)23(15,20)21/h10-11H,4-9H2,1-3H3/t10-,11?/m1/s1. The Hall–Kier alpha value is -1.38. The molecular weight excluding hydrogens is 327 g/mol. The van der Waals surface area contributed by atoms with Crippen molar-refractivity contribution < 1.29 is 26.6 Å². The Bertz CT molecular complexity index is 586. The molecule has 2 aliphatic rings. The molecule has 0 bridgehead atoms. The van der Waals surface area contributed by atoms with Crippen LogP contribution in [0.25, 0.3) is 0 Å². The van der Waals surface area contributed by atoms with Crippen LogP contribution in [0.3, 0.4) is 0 Å². The molecule has 0 radical (unpaired) electrons. The quantitative estimate of drug-likeness (QED) is 0.716. The number of halogens is 1. The fraction of sp³-hybridized carbons (Fsp3) is 0.857. The van der Waals surface area contributed by atoms with Crippen LogP contribution in [0.1, 0.15) is 40.0 Å². The van der Waals surface area contributed by atoms with Crippen LogP contribution in [-0.4, -0.2) is 66.7 Å². The van der Waals surface area contributed by atoms with Gasteiger partial charge in [0, 0.05) is 26.1 Å². The van der Waals surface area contributed by atoms with Crippen molar-refractivity contribution in [3.8, 4) is 0 Å². The monoisotopic (exact) mass is 350 g/mol. The van der Waals surface area contributed by atoms with Gasteiger partial charge in [-0.05, 0) is 33.6 Å². The number of amides is 2. The summed E-state index contributed by atoms with van der Waals surface area (Å²) in [7, 11) is -4.72. The van der Waals surface area contributed by atoms with E-state index in [9.17, 15) is 21.9 Å². The molecule has 2 saturated heterocycles. The maximum Gasteiger partial charge on any atom is 0.410 e. The van der Waals surface area contributed by atoms with E-state index in [0.717, 1.165) is 6.42 Å². The molecule has 2 rings (SSSR count). The second kappa shape index (κ2) is 6.26. The van der Waals surface area contributed by atoms with Crippen LogP contribution < -0.4 is 0 Å². The van der Waals surface area contributed by atoms with Crippen molar-refractivity contribution in [2.45, 2.75) is 56.9 Å². The molecule has 0 spiro atoms. The highest BCUT2D eigenvalue weighted by atomic mass is 32.3. The van der Waals surface area contributed by atoms with Crippen molar-refractivity contribution in [2.24, 2.45) is 0 Å². The number of rotatable bonds is 3. The molecule has 2 atom stereocenters. The van der Waals surface area contributed by atoms with Gasteiger partial charge in [-0.2, -0.15) is 8.42 Å². The molecule has 9 heteroatoms. The third kappa shape index (κ3) is 4.55. The highest BCUT2D eigenvalue weighted by Gasteiger charge is 2.41. The SMILES string of the molecule is CC(C)(C)OC(=O)N1CCC[C@@H]1CN1CC(S(=O)(=O)F)CC1=O. The summed E-state index contributed by atoms with van der Waals surface area (Å²) >= 11 is 0. The van der Waals surface area contributed by atoms with E-state index >= 15 is 0 Å². The molecule has 0 aliphatic carbocycles. The zero-order valence-corrected chi connectivity index (χ0v) is 14.4. The molecule has 23 heavy (non-hydrogen) atoms. The van der Waals surface area contributed by atoms with Crippen LogP contribution in [0.15, 0.2) is 0 Å². The zero-order chi connectivity index (χ0) is 17.4. The van der Waals surface area contributed by atoms with Gasteiger partial charge in [-0.1, -0.05) is 0 Å². The predicted octanol–water partition coefficient (Wildman–Crippen LogP) is 1.29. The van der Waals surface area contributed by atoms with Gasteiger partial charge in [-0.3, -0.25) is 4.79 Å². The molecule has 2 fully saturated rings. The third-order valence-corrected chi connectivity index (χ3v) is 5.13. The zero-order valence-electron chi connectivity index (χ0n) is 13.6. The number of hydrogen-bond acceptors (Lipinski definition) is 5. The number of carbonyl (C=O) groups is 2. The number of carbonyl (C=O) groups excluding carboxylic acids is 2. The van der Waals surface area contributed by atoms with Crippen molar-refractivity contribution in [1.82, 2.24) is 9.80 Å². The summed E-state index contributed by atoms with van der Waals surface area (Å²) in [4.78, 5) is 27.0. The van der Waals surface area contributed by atoms with Crippen LogP contribution in [0, 0.1) is 0 Å². The van der Waals surface area contributed by atoms with E-state index < -0.39 is 33.1 Å². The first kappa shape index (κ1) is 18.0. The van der Waals surface area contributed by atoms with Crippen LogP contribution >= 0.6 is 0 Å². The maximum absolute atomic E-state index is 13.1. The molecule has 2 heterocycles. The van der Waals surface area contributed by atoms with E-state index in [1.165, 1.54) is 4.90 Å². The second-order valence-corrected chi connectivity index (χ2v) is 8.69. The third-order valence-electron chi connectivity index (χ3n) is 4.01. The van der Waals surface area contributed by atoms with Gasteiger partial charge in [0.05, 0.1) is 6.04 Å². The summed E-state index contributed by atoms with van der Waals surface area (Å²) < 4.78 is 40.3. The summed E-state index contributed by atoms with van der Waals surface area (Å²) in [6.45, 7) is 5.91. The fourth-order valence-electron chi connectivity index (χ4n) is 2.94. The molecule has 0 aromatic heterocycles. The van der Waals surface area contributed by atoms with Gasteiger partial charge in [0.15, 0.2) is 0 Å². The minimum absolute atomic E-state index is 0.156. The van der Waals surface area contributed by atoms with Crippen molar-refractivity contribution in [3.05, 3.63) is 0 Å². The average Bonchev–Trinajstić information content (AvgIpc) is 2.95. The van der Waals surface area contributed by atoms with Crippen LogP contribution in [-0.2, 0) is 19.8 Å². The Morgan fingerprint density at radius 1 is 1.39 bits per heavy atom. The Morgan fingerprint density at radius 3 is 2.57 bits per heavy atom. The number of nitrogens with zero attached hydrogens (tertiary/aromatic N) is 2. The van der Waals surface area contributed by atoms with E-state index in [0.29, 0.717) is 13.0 Å². The molecule has 1 unspecified atom stereocenters. The molecular formula is C14H23FN2O5S. The molecule has 0 N–H and O–H groups in total. The average molecular weight is 350 g/mol. The summed E-state index contributed by atoms with van der Waals surface area (Å²) in [6.07, 6.45) is 0.714. The lowest BCUT2D eigenvalue weighted by Crippen LogP contribution is -2.45. The normalized spacial score (nSPS) is 26.0. The summed E-state index contributed by atoms with van der Waals surface area (Å²) in [5.74, 6) is -0.396. The van der Waals surface area contributed by atoms with E-state index in [4.69, 9.17) is 4.74 Å². The molecule has 2 amide bonds. The molecule has 0 aromatic carbocycles. The number of likely N-dealkylation sites (tertiary alicyclic amines) is 2. The summed E-state index contributed by atoms with van der Waals surface area (Å²) in [5, 5.41) is -1.30. The highest BCUT2D eigenvalue weighted by molar-refractivity contribution is 7.87. The van der Waals surface area contributed by atoms with Crippen molar-refractivity contribution in [3.63, 3.8) is 0 Å². The molecule has 0 aromatic rings. The van der Waals surface area contributed by atoms with Crippen LogP contribution in [0.2, 0.25) is 0 Å². The van der Waals surface area contributed by atoms with Crippen LogP contribution in [0.5, 0.6) is 0 Å². The van der Waals surface area contributed by atoms with Crippen molar-refractivity contribution in [2.75, 3.05) is 19.6 Å². The highest BCUT2D eigenvalue weighted by Crippen LogP contribution is 2.25. The molecule has 7 nitrogen and oxygen atoms in total. The lowest BCUT2D eigenvalue weighted by Gasteiger charge is -2.30. The Kier molecular flexibility index (Phi) is 4.89. The first-order valence-corrected chi connectivity index (χ1v) is 9.13. The Labute approximate surface area is 136 Å². The number of hydrogen-bond donors (Lipinski definition) is 0. The predicted molar refractivity (Wildman–Crippen MR) is 81.0 cm³/mol. The topological polar surface area (TPSA) is 84.0 Å². The van der Waals surface area contributed by atoms with E-state index in [-0.39, 0.29) is 25.6 Å². The van der Waals surface area contributed by atoms with Gasteiger partial charge in [0.25, 0.3) is 0 Å². The Balaban J connectivity index is 1.99. The first-order valence-electron chi connectivity index (χ1n) is 7.68. The summed E-state index contributed by atoms with van der Waals surface area (Å²) in [6, 6.07) is -0.227. The molecule has 2 aliphatic heterocycles. The first-order chi connectivity index (χ1) is 10.5.